The summed E-state index contributed by atoms with van der Waals surface area (Å²) < 4.78 is 2.14. The van der Waals surface area contributed by atoms with Crippen molar-refractivity contribution < 1.29 is 0 Å². The van der Waals surface area contributed by atoms with E-state index in [1.54, 1.807) is 11.2 Å². The van der Waals surface area contributed by atoms with Crippen LogP contribution in [0.5, 0.6) is 0 Å². The molecule has 0 amide bonds. The summed E-state index contributed by atoms with van der Waals surface area (Å²) in [6, 6.07) is 2.01. The third-order valence-corrected chi connectivity index (χ3v) is 4.51. The average Bonchev–Trinajstić information content (AvgIpc) is 3.22. The molecule has 0 radical (unpaired) electrons. The zero-order valence-corrected chi connectivity index (χ0v) is 11.7. The number of hydrogen-bond donors (Lipinski definition) is 1. The maximum Gasteiger partial charge on any atom is 0.156 e. The number of fused-ring (bicyclic) bond motifs is 3. The molecule has 3 aromatic rings. The fraction of sp³-hybridized carbons (Fsp3) is 0.429. The monoisotopic (exact) mass is 284 g/mol. The first-order chi connectivity index (χ1) is 10.3. The van der Waals surface area contributed by atoms with Gasteiger partial charge in [-0.2, -0.15) is 0 Å². The molecule has 0 spiro atoms. The van der Waals surface area contributed by atoms with Gasteiger partial charge in [-0.15, -0.1) is 4.91 Å². The molecule has 4 rings (SSSR count). The predicted octanol–water partition coefficient (Wildman–Crippen LogP) is 2.32. The third-order valence-electron chi connectivity index (χ3n) is 4.51. The molecule has 2 atom stereocenters. The van der Waals surface area contributed by atoms with Crippen LogP contribution in [0.3, 0.4) is 0 Å². The number of rotatable bonds is 3. The van der Waals surface area contributed by atoms with E-state index in [2.05, 4.69) is 31.6 Å². The fourth-order valence-electron chi connectivity index (χ4n) is 3.42. The molecule has 21 heavy (non-hydrogen) atoms. The van der Waals surface area contributed by atoms with Gasteiger partial charge in [-0.1, -0.05) is 13.3 Å². The van der Waals surface area contributed by atoms with Gasteiger partial charge in [-0.3, -0.25) is 9.41 Å². The Balaban J connectivity index is 1.89. The summed E-state index contributed by atoms with van der Waals surface area (Å²) in [7, 11) is 0. The molecule has 0 bridgehead atoms. The first-order valence-electron chi connectivity index (χ1n) is 7.19. The number of imidazole rings is 1. The minimum atomic E-state index is 0.267. The van der Waals surface area contributed by atoms with Gasteiger partial charge in [-0.05, 0) is 12.0 Å². The molecule has 7 heteroatoms. The third kappa shape index (κ3) is 1.73. The zero-order chi connectivity index (χ0) is 14.4. The van der Waals surface area contributed by atoms with Gasteiger partial charge in [-0.25, -0.2) is 9.97 Å². The van der Waals surface area contributed by atoms with Crippen molar-refractivity contribution in [1.82, 2.24) is 24.4 Å². The largest absolute Gasteiger partial charge is 0.345 e. The van der Waals surface area contributed by atoms with Crippen LogP contribution in [0.4, 0.5) is 0 Å². The maximum atomic E-state index is 10.9. The molecular weight excluding hydrogens is 268 g/mol. The van der Waals surface area contributed by atoms with Crippen molar-refractivity contribution >= 4 is 16.8 Å². The number of aromatic amines is 1. The van der Waals surface area contributed by atoms with Gasteiger partial charge in [0.25, 0.3) is 0 Å². The Hall–Kier alpha value is -2.44. The quantitative estimate of drug-likeness (QED) is 0.749. The minimum absolute atomic E-state index is 0.267. The Morgan fingerprint density at radius 2 is 2.29 bits per heavy atom. The lowest BCUT2D eigenvalue weighted by molar-refractivity contribution is 0.336. The van der Waals surface area contributed by atoms with E-state index in [0.717, 1.165) is 35.5 Å². The molecular formula is C14H16N6O. The molecule has 0 saturated carbocycles. The summed E-state index contributed by atoms with van der Waals surface area (Å²) >= 11 is 0. The van der Waals surface area contributed by atoms with E-state index in [1.807, 2.05) is 18.5 Å². The van der Waals surface area contributed by atoms with E-state index in [0.29, 0.717) is 12.5 Å². The predicted molar refractivity (Wildman–Crippen MR) is 78.7 cm³/mol. The fourth-order valence-corrected chi connectivity index (χ4v) is 3.42. The van der Waals surface area contributed by atoms with Crippen LogP contribution in [0.2, 0.25) is 0 Å². The van der Waals surface area contributed by atoms with Gasteiger partial charge in [0.05, 0.1) is 17.0 Å². The van der Waals surface area contributed by atoms with E-state index >= 15 is 0 Å². The Morgan fingerprint density at radius 1 is 1.38 bits per heavy atom. The summed E-state index contributed by atoms with van der Waals surface area (Å²) in [5.41, 5.74) is 3.84. The molecule has 0 aliphatic carbocycles. The number of aromatic nitrogens is 4. The molecule has 1 aliphatic heterocycles. The van der Waals surface area contributed by atoms with Crippen molar-refractivity contribution in [3.05, 3.63) is 35.3 Å². The van der Waals surface area contributed by atoms with Crippen LogP contribution in [-0.2, 0) is 0 Å². The standard InChI is InChI=1S/C14H16N6O/c1-2-9-7-19(18-21)8-10(9)12-5-16-13-6-17-14-11(20(12)13)3-4-15-14/h3-6,9-10,15H,2,7-8H2,1H3/t9-,10+/m1/s1. The number of hydrogen-bond acceptors (Lipinski definition) is 4. The van der Waals surface area contributed by atoms with Crippen molar-refractivity contribution in [3.8, 4) is 0 Å². The molecule has 1 aliphatic rings. The molecule has 1 N–H and O–H groups in total. The van der Waals surface area contributed by atoms with Crippen molar-refractivity contribution in [3.63, 3.8) is 0 Å². The summed E-state index contributed by atoms with van der Waals surface area (Å²) in [6.07, 6.45) is 6.58. The number of nitrogens with zero attached hydrogens (tertiary/aromatic N) is 5. The average molecular weight is 284 g/mol. The van der Waals surface area contributed by atoms with E-state index in [-0.39, 0.29) is 5.92 Å². The highest BCUT2D eigenvalue weighted by Crippen LogP contribution is 2.35. The van der Waals surface area contributed by atoms with E-state index < -0.39 is 0 Å². The van der Waals surface area contributed by atoms with Gasteiger partial charge in [0, 0.05) is 37.1 Å². The Morgan fingerprint density at radius 3 is 3.10 bits per heavy atom. The van der Waals surface area contributed by atoms with Gasteiger partial charge in [0.1, 0.15) is 0 Å². The Bertz CT molecular complexity index is 806. The number of nitroso groups, excluding NO2 is 1. The summed E-state index contributed by atoms with van der Waals surface area (Å²) in [6.45, 7) is 3.53. The van der Waals surface area contributed by atoms with Crippen molar-refractivity contribution in [1.29, 1.82) is 0 Å². The van der Waals surface area contributed by atoms with Gasteiger partial charge >= 0.3 is 0 Å². The van der Waals surface area contributed by atoms with Crippen molar-refractivity contribution in [2.45, 2.75) is 19.3 Å². The summed E-state index contributed by atoms with van der Waals surface area (Å²) in [5.74, 6) is 0.688. The smallest absolute Gasteiger partial charge is 0.156 e. The highest BCUT2D eigenvalue weighted by atomic mass is 16.3. The first-order valence-corrected chi connectivity index (χ1v) is 7.19. The lowest BCUT2D eigenvalue weighted by atomic mass is 9.91. The van der Waals surface area contributed by atoms with Crippen LogP contribution >= 0.6 is 0 Å². The summed E-state index contributed by atoms with van der Waals surface area (Å²) in [4.78, 5) is 22.8. The molecule has 0 aromatic carbocycles. The van der Waals surface area contributed by atoms with E-state index in [4.69, 9.17) is 0 Å². The molecule has 1 fully saturated rings. The highest BCUT2D eigenvalue weighted by molar-refractivity contribution is 5.74. The molecule has 0 unspecified atom stereocenters. The van der Waals surface area contributed by atoms with Crippen LogP contribution in [0, 0.1) is 10.8 Å². The zero-order valence-electron chi connectivity index (χ0n) is 11.7. The minimum Gasteiger partial charge on any atom is -0.345 e. The lowest BCUT2D eigenvalue weighted by Crippen LogP contribution is -2.12. The second kappa shape index (κ2) is 4.54. The first kappa shape index (κ1) is 12.3. The number of H-pyrrole nitrogens is 1. The van der Waals surface area contributed by atoms with Crippen LogP contribution < -0.4 is 0 Å². The molecule has 3 aromatic heterocycles. The van der Waals surface area contributed by atoms with Crippen molar-refractivity contribution in [2.75, 3.05) is 13.1 Å². The molecule has 7 nitrogen and oxygen atoms in total. The Kier molecular flexibility index (Phi) is 2.66. The molecule has 4 heterocycles. The Labute approximate surface area is 120 Å². The van der Waals surface area contributed by atoms with Gasteiger partial charge < -0.3 is 4.98 Å². The van der Waals surface area contributed by atoms with Crippen molar-refractivity contribution in [2.24, 2.45) is 11.2 Å². The lowest BCUT2D eigenvalue weighted by Gasteiger charge is -2.15. The number of nitrogens with one attached hydrogen (secondary N) is 1. The van der Waals surface area contributed by atoms with Gasteiger partial charge in [0.15, 0.2) is 11.3 Å². The highest BCUT2D eigenvalue weighted by Gasteiger charge is 2.35. The molecule has 108 valence electrons. The SMILES string of the molecule is CC[C@@H]1CN(N=O)C[C@@H]1c1cnc2cnc3[nH]ccc3n12. The second-order valence-electron chi connectivity index (χ2n) is 5.57. The van der Waals surface area contributed by atoms with Crippen LogP contribution in [0.15, 0.2) is 29.9 Å². The maximum absolute atomic E-state index is 10.9. The second-order valence-corrected chi connectivity index (χ2v) is 5.57. The van der Waals surface area contributed by atoms with Crippen LogP contribution in [-0.4, -0.2) is 37.5 Å². The van der Waals surface area contributed by atoms with E-state index in [1.165, 1.54) is 0 Å². The normalized spacial score (nSPS) is 22.4. The topological polar surface area (TPSA) is 78.7 Å². The van der Waals surface area contributed by atoms with Crippen LogP contribution in [0.25, 0.3) is 16.8 Å². The van der Waals surface area contributed by atoms with E-state index in [9.17, 15) is 4.91 Å². The van der Waals surface area contributed by atoms with Crippen LogP contribution in [0.1, 0.15) is 25.0 Å². The summed E-state index contributed by atoms with van der Waals surface area (Å²) in [5, 5.41) is 4.73. The van der Waals surface area contributed by atoms with Gasteiger partial charge in [0.2, 0.25) is 0 Å². The molecule has 1 saturated heterocycles.